The lowest BCUT2D eigenvalue weighted by Gasteiger charge is -2.36. The minimum Gasteiger partial charge on any atom is -0.495 e. The fourth-order valence-corrected chi connectivity index (χ4v) is 3.35. The van der Waals surface area contributed by atoms with Crippen LogP contribution in [0.3, 0.4) is 0 Å². The van der Waals surface area contributed by atoms with Gasteiger partial charge in [0.1, 0.15) is 5.75 Å². The van der Waals surface area contributed by atoms with Gasteiger partial charge in [0.2, 0.25) is 5.91 Å². The van der Waals surface area contributed by atoms with E-state index in [0.717, 1.165) is 43.2 Å². The second kappa shape index (κ2) is 8.72. The molecule has 0 aliphatic carbocycles. The van der Waals surface area contributed by atoms with Crippen molar-refractivity contribution in [3.05, 3.63) is 60.2 Å². The quantitative estimate of drug-likeness (QED) is 0.867. The molecule has 2 aromatic rings. The maximum atomic E-state index is 12.4. The Balaban J connectivity index is 1.48. The van der Waals surface area contributed by atoms with E-state index in [2.05, 4.69) is 21.2 Å². The largest absolute Gasteiger partial charge is 0.495 e. The lowest BCUT2D eigenvalue weighted by atomic mass is 10.1. The molecule has 1 amide bonds. The van der Waals surface area contributed by atoms with Gasteiger partial charge in [-0.15, -0.1) is 0 Å². The zero-order valence-corrected chi connectivity index (χ0v) is 15.5. The van der Waals surface area contributed by atoms with Crippen LogP contribution in [0.15, 0.2) is 54.6 Å². The first-order valence-corrected chi connectivity index (χ1v) is 9.12. The Hall–Kier alpha value is -2.53. The van der Waals surface area contributed by atoms with E-state index in [0.29, 0.717) is 6.54 Å². The van der Waals surface area contributed by atoms with Crippen LogP contribution in [0.5, 0.6) is 5.75 Å². The molecule has 0 aromatic heterocycles. The van der Waals surface area contributed by atoms with Crippen molar-refractivity contribution in [2.24, 2.45) is 0 Å². The molecule has 138 valence electrons. The first-order chi connectivity index (χ1) is 12.7. The van der Waals surface area contributed by atoms with Crippen LogP contribution < -0.4 is 15.0 Å². The van der Waals surface area contributed by atoms with Gasteiger partial charge in [0.05, 0.1) is 25.4 Å². The number of piperazine rings is 1. The molecule has 0 saturated carbocycles. The summed E-state index contributed by atoms with van der Waals surface area (Å²) in [5.41, 5.74) is 2.25. The number of methoxy groups -OCH3 is 1. The third-order valence-electron chi connectivity index (χ3n) is 4.84. The van der Waals surface area contributed by atoms with Crippen LogP contribution in [0.1, 0.15) is 18.5 Å². The molecule has 1 aliphatic heterocycles. The summed E-state index contributed by atoms with van der Waals surface area (Å²) >= 11 is 0. The predicted octanol–water partition coefficient (Wildman–Crippen LogP) is 2.69. The molecule has 0 spiro atoms. The lowest BCUT2D eigenvalue weighted by Crippen LogP contribution is -2.49. The van der Waals surface area contributed by atoms with Gasteiger partial charge in [-0.2, -0.15) is 0 Å². The lowest BCUT2D eigenvalue weighted by molar-refractivity contribution is -0.123. The van der Waals surface area contributed by atoms with Crippen LogP contribution in [0.2, 0.25) is 0 Å². The fourth-order valence-electron chi connectivity index (χ4n) is 3.35. The van der Waals surface area contributed by atoms with Crippen molar-refractivity contribution < 1.29 is 9.53 Å². The van der Waals surface area contributed by atoms with Crippen LogP contribution >= 0.6 is 0 Å². The number of nitrogens with one attached hydrogen (secondary N) is 1. The molecular formula is C21H27N3O2. The molecule has 1 N–H and O–H groups in total. The molecule has 1 heterocycles. The highest BCUT2D eigenvalue weighted by Crippen LogP contribution is 2.28. The number of carbonyl (C=O) groups is 1. The second-order valence-electron chi connectivity index (χ2n) is 6.63. The van der Waals surface area contributed by atoms with Gasteiger partial charge in [-0.25, -0.2) is 0 Å². The molecule has 5 nitrogen and oxygen atoms in total. The maximum Gasteiger partial charge on any atom is 0.234 e. The highest BCUT2D eigenvalue weighted by atomic mass is 16.5. The van der Waals surface area contributed by atoms with Crippen molar-refractivity contribution in [1.29, 1.82) is 0 Å². The van der Waals surface area contributed by atoms with Crippen LogP contribution in [-0.4, -0.2) is 50.6 Å². The van der Waals surface area contributed by atoms with Crippen molar-refractivity contribution in [2.75, 3.05) is 44.7 Å². The summed E-state index contributed by atoms with van der Waals surface area (Å²) in [5.74, 6) is 0.975. The minimum atomic E-state index is 0.0265. The first-order valence-electron chi connectivity index (χ1n) is 9.12. The third-order valence-corrected chi connectivity index (χ3v) is 4.84. The van der Waals surface area contributed by atoms with Crippen LogP contribution in [0, 0.1) is 0 Å². The molecule has 0 bridgehead atoms. The predicted molar refractivity (Wildman–Crippen MR) is 105 cm³/mol. The number of carbonyl (C=O) groups excluding carboxylic acids is 1. The number of para-hydroxylation sites is 2. The molecule has 26 heavy (non-hydrogen) atoms. The van der Waals surface area contributed by atoms with Gasteiger partial charge in [0, 0.05) is 26.2 Å². The summed E-state index contributed by atoms with van der Waals surface area (Å²) in [6.07, 6.45) is 0. The Labute approximate surface area is 155 Å². The molecule has 3 rings (SSSR count). The molecule has 1 fully saturated rings. The second-order valence-corrected chi connectivity index (χ2v) is 6.63. The number of rotatable bonds is 6. The highest BCUT2D eigenvalue weighted by Gasteiger charge is 2.21. The zero-order chi connectivity index (χ0) is 18.4. The molecule has 1 saturated heterocycles. The summed E-state index contributed by atoms with van der Waals surface area (Å²) < 4.78 is 5.46. The smallest absolute Gasteiger partial charge is 0.234 e. The summed E-state index contributed by atoms with van der Waals surface area (Å²) in [6, 6.07) is 18.2. The Bertz CT molecular complexity index is 712. The number of hydrogen-bond acceptors (Lipinski definition) is 4. The van der Waals surface area contributed by atoms with Crippen LogP contribution in [-0.2, 0) is 4.79 Å². The van der Waals surface area contributed by atoms with E-state index >= 15 is 0 Å². The minimum absolute atomic E-state index is 0.0265. The average Bonchev–Trinajstić information content (AvgIpc) is 2.69. The van der Waals surface area contributed by atoms with E-state index in [9.17, 15) is 4.79 Å². The Kier molecular flexibility index (Phi) is 6.12. The van der Waals surface area contributed by atoms with Crippen LogP contribution in [0.25, 0.3) is 0 Å². The standard InChI is InChI=1S/C21H27N3O2/c1-17(18-8-4-3-5-9-18)22-21(25)16-23-12-14-24(15-13-23)19-10-6-7-11-20(19)26-2/h3-11,17H,12-16H2,1-2H3,(H,22,25)/t17-/m0/s1. The number of hydrogen-bond donors (Lipinski definition) is 1. The van der Waals surface area contributed by atoms with E-state index in [1.54, 1.807) is 7.11 Å². The van der Waals surface area contributed by atoms with Gasteiger partial charge in [0.25, 0.3) is 0 Å². The van der Waals surface area contributed by atoms with E-state index in [4.69, 9.17) is 4.74 Å². The van der Waals surface area contributed by atoms with E-state index in [1.807, 2.05) is 55.5 Å². The van der Waals surface area contributed by atoms with E-state index in [1.165, 1.54) is 0 Å². The average molecular weight is 353 g/mol. The van der Waals surface area contributed by atoms with Crippen molar-refractivity contribution in [3.63, 3.8) is 0 Å². The molecule has 5 heteroatoms. The normalized spacial score (nSPS) is 16.2. The molecule has 1 atom stereocenters. The monoisotopic (exact) mass is 353 g/mol. The van der Waals surface area contributed by atoms with Crippen molar-refractivity contribution in [1.82, 2.24) is 10.2 Å². The summed E-state index contributed by atoms with van der Waals surface area (Å²) in [6.45, 7) is 5.98. The third kappa shape index (κ3) is 4.55. The van der Waals surface area contributed by atoms with Crippen LogP contribution in [0.4, 0.5) is 5.69 Å². The SMILES string of the molecule is COc1ccccc1N1CCN(CC(=O)N[C@@H](C)c2ccccc2)CC1. The number of nitrogens with zero attached hydrogens (tertiary/aromatic N) is 2. The topological polar surface area (TPSA) is 44.8 Å². The highest BCUT2D eigenvalue weighted by molar-refractivity contribution is 5.78. The molecular weight excluding hydrogens is 326 g/mol. The maximum absolute atomic E-state index is 12.4. The van der Waals surface area contributed by atoms with Gasteiger partial charge in [0.15, 0.2) is 0 Å². The summed E-state index contributed by atoms with van der Waals surface area (Å²) in [7, 11) is 1.70. The fraction of sp³-hybridized carbons (Fsp3) is 0.381. The van der Waals surface area contributed by atoms with Crippen molar-refractivity contribution in [2.45, 2.75) is 13.0 Å². The van der Waals surface area contributed by atoms with E-state index < -0.39 is 0 Å². The summed E-state index contributed by atoms with van der Waals surface area (Å²) in [4.78, 5) is 16.9. The molecule has 0 radical (unpaired) electrons. The Morgan fingerprint density at radius 3 is 2.38 bits per heavy atom. The van der Waals surface area contributed by atoms with Gasteiger partial charge in [-0.3, -0.25) is 9.69 Å². The van der Waals surface area contributed by atoms with Gasteiger partial charge >= 0.3 is 0 Å². The van der Waals surface area contributed by atoms with Crippen molar-refractivity contribution in [3.8, 4) is 5.75 Å². The number of ether oxygens (including phenoxy) is 1. The van der Waals surface area contributed by atoms with Gasteiger partial charge < -0.3 is 15.0 Å². The zero-order valence-electron chi connectivity index (χ0n) is 15.5. The van der Waals surface area contributed by atoms with Gasteiger partial charge in [-0.05, 0) is 24.6 Å². The first kappa shape index (κ1) is 18.3. The molecule has 2 aromatic carbocycles. The Morgan fingerprint density at radius 2 is 1.69 bits per heavy atom. The molecule has 0 unspecified atom stereocenters. The van der Waals surface area contributed by atoms with Crippen molar-refractivity contribution >= 4 is 11.6 Å². The number of amides is 1. The van der Waals surface area contributed by atoms with Gasteiger partial charge in [-0.1, -0.05) is 42.5 Å². The number of benzene rings is 2. The van der Waals surface area contributed by atoms with E-state index in [-0.39, 0.29) is 11.9 Å². The Morgan fingerprint density at radius 1 is 1.04 bits per heavy atom. The molecule has 1 aliphatic rings. The summed E-state index contributed by atoms with van der Waals surface area (Å²) in [5, 5.41) is 3.09. The number of anilines is 1.